The van der Waals surface area contributed by atoms with Crippen molar-refractivity contribution in [3.8, 4) is 0 Å². The number of guanidine groups is 1. The van der Waals surface area contributed by atoms with Gasteiger partial charge in [-0.05, 0) is 57.7 Å². The number of aromatic nitrogens is 1. The Labute approximate surface area is 196 Å². The predicted octanol–water partition coefficient (Wildman–Crippen LogP) is 4.92. The van der Waals surface area contributed by atoms with Gasteiger partial charge in [-0.2, -0.15) is 0 Å². The molecule has 1 aromatic carbocycles. The number of nitrogens with zero attached hydrogens (tertiary/aromatic N) is 3. The number of anilines is 1. The molecule has 0 amide bonds. The molecular weight excluding hydrogens is 493 g/mol. The van der Waals surface area contributed by atoms with Gasteiger partial charge in [-0.15, -0.1) is 35.3 Å². The largest absolute Gasteiger partial charge is 0.372 e. The van der Waals surface area contributed by atoms with Crippen LogP contribution in [0.25, 0.3) is 0 Å². The maximum absolute atomic E-state index is 4.76. The minimum atomic E-state index is 0. The van der Waals surface area contributed by atoms with Crippen LogP contribution < -0.4 is 15.5 Å². The Morgan fingerprint density at radius 3 is 2.79 bits per heavy atom. The van der Waals surface area contributed by atoms with Crippen molar-refractivity contribution < 1.29 is 0 Å². The second-order valence-electron chi connectivity index (χ2n) is 7.40. The molecule has 0 aliphatic carbocycles. The normalized spacial score (nSPS) is 15.1. The highest BCUT2D eigenvalue weighted by molar-refractivity contribution is 14.0. The van der Waals surface area contributed by atoms with Gasteiger partial charge >= 0.3 is 0 Å². The molecule has 1 unspecified atom stereocenters. The van der Waals surface area contributed by atoms with Crippen LogP contribution in [0.15, 0.2) is 34.6 Å². The molecule has 0 saturated carbocycles. The van der Waals surface area contributed by atoms with Gasteiger partial charge in [-0.1, -0.05) is 12.1 Å². The van der Waals surface area contributed by atoms with Crippen molar-refractivity contribution in [2.45, 2.75) is 52.5 Å². The molecule has 5 nitrogen and oxygen atoms in total. The summed E-state index contributed by atoms with van der Waals surface area (Å²) >= 11 is 1.74. The fourth-order valence-corrected chi connectivity index (χ4v) is 4.33. The van der Waals surface area contributed by atoms with Crippen molar-refractivity contribution in [2.75, 3.05) is 31.1 Å². The Hall–Kier alpha value is -1.35. The molecule has 3 rings (SSSR count). The van der Waals surface area contributed by atoms with E-state index in [1.807, 2.05) is 6.92 Å². The van der Waals surface area contributed by atoms with E-state index in [2.05, 4.69) is 64.0 Å². The summed E-state index contributed by atoms with van der Waals surface area (Å²) in [6.45, 7) is 10.4. The van der Waals surface area contributed by atoms with Gasteiger partial charge < -0.3 is 15.5 Å². The van der Waals surface area contributed by atoms with Crippen molar-refractivity contribution in [3.05, 3.63) is 45.9 Å². The van der Waals surface area contributed by atoms with E-state index in [4.69, 9.17) is 4.99 Å². The van der Waals surface area contributed by atoms with Gasteiger partial charge in [0.25, 0.3) is 0 Å². The van der Waals surface area contributed by atoms with E-state index < -0.39 is 0 Å². The number of hydrogen-bond acceptors (Lipinski definition) is 4. The molecule has 1 aliphatic rings. The zero-order valence-corrected chi connectivity index (χ0v) is 20.9. The summed E-state index contributed by atoms with van der Waals surface area (Å²) in [5, 5.41) is 10.3. The highest BCUT2D eigenvalue weighted by atomic mass is 127. The fourth-order valence-electron chi connectivity index (χ4n) is 3.51. The smallest absolute Gasteiger partial charge is 0.191 e. The Morgan fingerprint density at radius 2 is 2.10 bits per heavy atom. The predicted molar refractivity (Wildman–Crippen MR) is 136 cm³/mol. The zero-order valence-electron chi connectivity index (χ0n) is 17.8. The Bertz CT molecular complexity index is 770. The third kappa shape index (κ3) is 7.44. The SMILES string of the molecule is CCNC(=NCCCc1nc(C)cs1)NC(C)c1cccc(N2CCCC2)c1.I. The molecule has 1 saturated heterocycles. The van der Waals surface area contributed by atoms with Gasteiger partial charge in [0.05, 0.1) is 11.0 Å². The second kappa shape index (κ2) is 12.4. The van der Waals surface area contributed by atoms with Crippen LogP contribution in [-0.4, -0.2) is 37.1 Å². The van der Waals surface area contributed by atoms with E-state index in [9.17, 15) is 0 Å². The van der Waals surface area contributed by atoms with Crippen LogP contribution in [0.4, 0.5) is 5.69 Å². The summed E-state index contributed by atoms with van der Waals surface area (Å²) in [5.41, 5.74) is 3.75. The van der Waals surface area contributed by atoms with E-state index in [1.165, 1.54) is 42.2 Å². The molecule has 160 valence electrons. The first kappa shape index (κ1) is 23.9. The summed E-state index contributed by atoms with van der Waals surface area (Å²) in [6.07, 6.45) is 4.61. The number of halogens is 1. The van der Waals surface area contributed by atoms with Crippen LogP contribution in [0.3, 0.4) is 0 Å². The first-order chi connectivity index (χ1) is 13.7. The van der Waals surface area contributed by atoms with Crippen LogP contribution in [-0.2, 0) is 6.42 Å². The molecule has 1 fully saturated rings. The van der Waals surface area contributed by atoms with Gasteiger partial charge in [0.2, 0.25) is 0 Å². The number of rotatable bonds is 8. The summed E-state index contributed by atoms with van der Waals surface area (Å²) in [7, 11) is 0. The fraction of sp³-hybridized carbons (Fsp3) is 0.545. The number of aliphatic imine (C=N–C) groups is 1. The molecule has 1 aliphatic heterocycles. The van der Waals surface area contributed by atoms with E-state index in [1.54, 1.807) is 11.3 Å². The summed E-state index contributed by atoms with van der Waals surface area (Å²) in [6, 6.07) is 9.12. The van der Waals surface area contributed by atoms with E-state index >= 15 is 0 Å². The van der Waals surface area contributed by atoms with Gasteiger partial charge in [0.1, 0.15) is 0 Å². The monoisotopic (exact) mass is 527 g/mol. The topological polar surface area (TPSA) is 52.6 Å². The molecule has 1 atom stereocenters. The summed E-state index contributed by atoms with van der Waals surface area (Å²) in [4.78, 5) is 11.8. The van der Waals surface area contributed by atoms with Gasteiger partial charge in [0, 0.05) is 49.4 Å². The molecule has 1 aromatic heterocycles. The molecule has 29 heavy (non-hydrogen) atoms. The lowest BCUT2D eigenvalue weighted by Crippen LogP contribution is -2.38. The third-order valence-corrected chi connectivity index (χ3v) is 6.05. The van der Waals surface area contributed by atoms with Crippen LogP contribution in [0.1, 0.15) is 55.4 Å². The van der Waals surface area contributed by atoms with E-state index in [-0.39, 0.29) is 30.0 Å². The molecule has 2 heterocycles. The number of benzene rings is 1. The van der Waals surface area contributed by atoms with Crippen molar-refractivity contribution in [2.24, 2.45) is 4.99 Å². The van der Waals surface area contributed by atoms with Gasteiger partial charge in [-0.25, -0.2) is 4.98 Å². The van der Waals surface area contributed by atoms with Crippen LogP contribution in [0.5, 0.6) is 0 Å². The lowest BCUT2D eigenvalue weighted by Gasteiger charge is -2.22. The Morgan fingerprint density at radius 1 is 1.31 bits per heavy atom. The molecule has 0 spiro atoms. The average molecular weight is 528 g/mol. The molecule has 0 bridgehead atoms. The molecule has 0 radical (unpaired) electrons. The first-order valence-corrected chi connectivity index (χ1v) is 11.3. The number of nitrogens with one attached hydrogen (secondary N) is 2. The standard InChI is InChI=1S/C22H33N5S.HI/c1-4-23-22(24-12-8-11-21-25-17(2)16-28-21)26-18(3)19-9-7-10-20(15-19)27-13-5-6-14-27;/h7,9-10,15-16,18H,4-6,8,11-14H2,1-3H3,(H2,23,24,26);1H. The summed E-state index contributed by atoms with van der Waals surface area (Å²) in [5.74, 6) is 0.886. The molecular formula is C22H34IN5S. The first-order valence-electron chi connectivity index (χ1n) is 10.5. The van der Waals surface area contributed by atoms with Crippen molar-refractivity contribution in [1.82, 2.24) is 15.6 Å². The van der Waals surface area contributed by atoms with Gasteiger partial charge in [-0.3, -0.25) is 4.99 Å². The molecule has 2 N–H and O–H groups in total. The Balaban J connectivity index is 0.00000300. The lowest BCUT2D eigenvalue weighted by molar-refractivity contribution is 0.682. The third-order valence-electron chi connectivity index (χ3n) is 5.02. The van der Waals surface area contributed by atoms with Gasteiger partial charge in [0.15, 0.2) is 5.96 Å². The van der Waals surface area contributed by atoms with E-state index in [0.29, 0.717) is 0 Å². The molecule has 7 heteroatoms. The number of thiazole rings is 1. The minimum absolute atomic E-state index is 0. The number of hydrogen-bond donors (Lipinski definition) is 2. The number of aryl methyl sites for hydroxylation is 2. The summed E-state index contributed by atoms with van der Waals surface area (Å²) < 4.78 is 0. The van der Waals surface area contributed by atoms with Crippen molar-refractivity contribution >= 4 is 47.0 Å². The highest BCUT2D eigenvalue weighted by Gasteiger charge is 2.14. The quantitative estimate of drug-likeness (QED) is 0.222. The van der Waals surface area contributed by atoms with Crippen LogP contribution in [0, 0.1) is 6.92 Å². The van der Waals surface area contributed by atoms with E-state index in [0.717, 1.165) is 37.6 Å². The lowest BCUT2D eigenvalue weighted by atomic mass is 10.1. The Kier molecular flexibility index (Phi) is 10.2. The zero-order chi connectivity index (χ0) is 19.8. The van der Waals surface area contributed by atoms with Crippen molar-refractivity contribution in [3.63, 3.8) is 0 Å². The van der Waals surface area contributed by atoms with Crippen LogP contribution >= 0.6 is 35.3 Å². The van der Waals surface area contributed by atoms with Crippen LogP contribution in [0.2, 0.25) is 0 Å². The second-order valence-corrected chi connectivity index (χ2v) is 8.34. The average Bonchev–Trinajstić information content (AvgIpc) is 3.37. The minimum Gasteiger partial charge on any atom is -0.372 e. The maximum atomic E-state index is 4.76. The molecule has 2 aromatic rings. The highest BCUT2D eigenvalue weighted by Crippen LogP contribution is 2.24. The maximum Gasteiger partial charge on any atom is 0.191 e. The van der Waals surface area contributed by atoms with Crippen molar-refractivity contribution in [1.29, 1.82) is 0 Å².